The Hall–Kier alpha value is -3.36. The fraction of sp³-hybridized carbons (Fsp3) is 0.448. The first-order valence-electron chi connectivity index (χ1n) is 12.9. The molecule has 2 aliphatic rings. The number of hydrogen-bond donors (Lipinski definition) is 2. The Morgan fingerprint density at radius 1 is 1.08 bits per heavy atom. The molecule has 2 fully saturated rings. The predicted molar refractivity (Wildman–Crippen MR) is 141 cm³/mol. The zero-order valence-electron chi connectivity index (χ0n) is 21.8. The summed E-state index contributed by atoms with van der Waals surface area (Å²) >= 11 is 0. The number of rotatable bonds is 9. The molecule has 8 nitrogen and oxygen atoms in total. The van der Waals surface area contributed by atoms with Crippen molar-refractivity contribution in [1.29, 1.82) is 0 Å². The van der Waals surface area contributed by atoms with E-state index in [1.807, 2.05) is 6.92 Å². The van der Waals surface area contributed by atoms with Crippen LogP contribution in [0.5, 0.6) is 11.5 Å². The number of likely N-dealkylation sites (tertiary alicyclic amines) is 1. The van der Waals surface area contributed by atoms with Crippen LogP contribution in [0.3, 0.4) is 0 Å². The number of ether oxygens (including phenoxy) is 2. The third-order valence-corrected chi connectivity index (χ3v) is 6.75. The van der Waals surface area contributed by atoms with Gasteiger partial charge in [-0.2, -0.15) is 0 Å². The molecule has 2 saturated heterocycles. The van der Waals surface area contributed by atoms with Crippen LogP contribution in [0.15, 0.2) is 48.0 Å². The second-order valence-electron chi connectivity index (χ2n) is 10.1. The number of ketones is 1. The molecule has 1 atom stereocenters. The largest absolute Gasteiger partial charge is 0.508 e. The molecule has 0 aliphatic carbocycles. The molecule has 4 rings (SSSR count). The van der Waals surface area contributed by atoms with Crippen LogP contribution in [-0.4, -0.2) is 77.7 Å². The first-order chi connectivity index (χ1) is 17.8. The first kappa shape index (κ1) is 26.7. The third kappa shape index (κ3) is 6.14. The van der Waals surface area contributed by atoms with Crippen molar-refractivity contribution in [3.05, 3.63) is 64.7 Å². The molecule has 0 unspecified atom stereocenters. The number of amides is 1. The lowest BCUT2D eigenvalue weighted by atomic mass is 9.94. The molecule has 2 heterocycles. The van der Waals surface area contributed by atoms with Crippen molar-refractivity contribution in [2.75, 3.05) is 46.0 Å². The minimum atomic E-state index is -0.748. The molecule has 2 aliphatic heterocycles. The van der Waals surface area contributed by atoms with E-state index < -0.39 is 17.7 Å². The quantitative estimate of drug-likeness (QED) is 0.301. The third-order valence-electron chi connectivity index (χ3n) is 6.75. The smallest absolute Gasteiger partial charge is 0.295 e. The topological polar surface area (TPSA) is 99.5 Å². The van der Waals surface area contributed by atoms with Gasteiger partial charge in [0.05, 0.1) is 31.4 Å². The lowest BCUT2D eigenvalue weighted by Crippen LogP contribution is -2.38. The number of aliphatic hydroxyl groups is 1. The number of benzene rings is 2. The van der Waals surface area contributed by atoms with Gasteiger partial charge in [0, 0.05) is 31.7 Å². The highest BCUT2D eigenvalue weighted by atomic mass is 16.5. The van der Waals surface area contributed by atoms with Gasteiger partial charge in [-0.05, 0) is 60.7 Å². The van der Waals surface area contributed by atoms with Crippen molar-refractivity contribution >= 4 is 17.4 Å². The van der Waals surface area contributed by atoms with Gasteiger partial charge in [-0.25, -0.2) is 0 Å². The highest BCUT2D eigenvalue weighted by Crippen LogP contribution is 2.40. The minimum Gasteiger partial charge on any atom is -0.508 e. The van der Waals surface area contributed by atoms with E-state index in [9.17, 15) is 19.8 Å². The normalized spacial score (nSPS) is 20.1. The average molecular weight is 509 g/mol. The Morgan fingerprint density at radius 3 is 2.43 bits per heavy atom. The molecule has 2 N–H and O–H groups in total. The number of nitrogens with zero attached hydrogens (tertiary/aromatic N) is 2. The van der Waals surface area contributed by atoms with Crippen molar-refractivity contribution in [1.82, 2.24) is 9.80 Å². The summed E-state index contributed by atoms with van der Waals surface area (Å²) in [6.45, 7) is 10.8. The Balaban J connectivity index is 1.65. The van der Waals surface area contributed by atoms with Crippen LogP contribution in [-0.2, 0) is 14.3 Å². The second kappa shape index (κ2) is 11.8. The molecule has 0 aromatic heterocycles. The molecule has 37 heavy (non-hydrogen) atoms. The van der Waals surface area contributed by atoms with E-state index in [4.69, 9.17) is 9.47 Å². The predicted octanol–water partition coefficient (Wildman–Crippen LogP) is 3.88. The van der Waals surface area contributed by atoms with Gasteiger partial charge >= 0.3 is 0 Å². The van der Waals surface area contributed by atoms with Crippen molar-refractivity contribution in [3.8, 4) is 11.5 Å². The van der Waals surface area contributed by atoms with Crippen LogP contribution >= 0.6 is 0 Å². The van der Waals surface area contributed by atoms with Crippen LogP contribution in [0.4, 0.5) is 0 Å². The molecule has 198 valence electrons. The number of aliphatic hydroxyl groups excluding tert-OH is 1. The van der Waals surface area contributed by atoms with Crippen molar-refractivity contribution in [2.45, 2.75) is 33.2 Å². The number of aryl methyl sites for hydroxylation is 1. The first-order valence-corrected chi connectivity index (χ1v) is 12.9. The van der Waals surface area contributed by atoms with E-state index in [1.54, 1.807) is 30.3 Å². The van der Waals surface area contributed by atoms with Gasteiger partial charge in [-0.1, -0.05) is 26.0 Å². The van der Waals surface area contributed by atoms with Gasteiger partial charge in [0.1, 0.15) is 17.3 Å². The molecule has 2 aromatic rings. The van der Waals surface area contributed by atoms with E-state index in [-0.39, 0.29) is 17.1 Å². The van der Waals surface area contributed by atoms with Crippen molar-refractivity contribution < 1.29 is 29.3 Å². The van der Waals surface area contributed by atoms with E-state index in [2.05, 4.69) is 18.7 Å². The molecular weight excluding hydrogens is 472 g/mol. The maximum Gasteiger partial charge on any atom is 0.295 e. The van der Waals surface area contributed by atoms with Gasteiger partial charge in [-0.3, -0.25) is 14.5 Å². The fourth-order valence-electron chi connectivity index (χ4n) is 4.77. The summed E-state index contributed by atoms with van der Waals surface area (Å²) < 4.78 is 11.3. The zero-order valence-corrected chi connectivity index (χ0v) is 21.8. The summed E-state index contributed by atoms with van der Waals surface area (Å²) in [7, 11) is 0. The number of phenols is 1. The van der Waals surface area contributed by atoms with E-state index in [0.29, 0.717) is 55.6 Å². The number of morpholine rings is 1. The molecule has 2 aromatic carbocycles. The number of phenolic OH excluding ortho intramolecular Hbond substituents is 1. The lowest BCUT2D eigenvalue weighted by molar-refractivity contribution is -0.140. The standard InChI is InChI=1S/C29H36N2O6/c1-19(2)18-37-24-10-7-22(17-20(24)3)27(33)25-26(21-5-8-23(32)9-6-21)31(29(35)28(25)34)12-4-11-30-13-15-36-16-14-30/h5-10,17,19,26,32-33H,4,11-16,18H2,1-3H3/t26-/m0/s1. The molecule has 0 saturated carbocycles. The van der Waals surface area contributed by atoms with Gasteiger partial charge in [0.15, 0.2) is 0 Å². The van der Waals surface area contributed by atoms with E-state index in [1.165, 1.54) is 17.0 Å². The molecule has 0 bridgehead atoms. The highest BCUT2D eigenvalue weighted by Gasteiger charge is 2.45. The highest BCUT2D eigenvalue weighted by molar-refractivity contribution is 6.46. The molecule has 0 spiro atoms. The summed E-state index contributed by atoms with van der Waals surface area (Å²) in [4.78, 5) is 30.3. The SMILES string of the molecule is Cc1cc(C(O)=C2C(=O)C(=O)N(CCCN3CCOCC3)[C@H]2c2ccc(O)cc2)ccc1OCC(C)C. The second-order valence-corrected chi connectivity index (χ2v) is 10.1. The van der Waals surface area contributed by atoms with E-state index in [0.717, 1.165) is 25.2 Å². The molecule has 8 heteroatoms. The average Bonchev–Trinajstić information content (AvgIpc) is 3.13. The fourth-order valence-corrected chi connectivity index (χ4v) is 4.77. The maximum absolute atomic E-state index is 13.3. The number of Topliss-reactive ketones (excluding diaryl/α,β-unsaturated/α-hetero) is 1. The minimum absolute atomic E-state index is 0.0531. The van der Waals surface area contributed by atoms with Crippen LogP contribution < -0.4 is 4.74 Å². The molecule has 1 amide bonds. The van der Waals surface area contributed by atoms with Crippen molar-refractivity contribution in [3.63, 3.8) is 0 Å². The number of carbonyl (C=O) groups excluding carboxylic acids is 2. The van der Waals surface area contributed by atoms with Crippen LogP contribution in [0.1, 0.15) is 43.0 Å². The summed E-state index contributed by atoms with van der Waals surface area (Å²) in [6.07, 6.45) is 0.683. The Morgan fingerprint density at radius 2 is 1.78 bits per heavy atom. The molecular formula is C29H36N2O6. The summed E-state index contributed by atoms with van der Waals surface area (Å²) in [5.74, 6) is -0.387. The van der Waals surface area contributed by atoms with Crippen molar-refractivity contribution in [2.24, 2.45) is 5.92 Å². The van der Waals surface area contributed by atoms with Crippen LogP contribution in [0, 0.1) is 12.8 Å². The van der Waals surface area contributed by atoms with Gasteiger partial charge in [0.25, 0.3) is 11.7 Å². The number of hydrogen-bond acceptors (Lipinski definition) is 7. The summed E-state index contributed by atoms with van der Waals surface area (Å²) in [6, 6.07) is 10.9. The maximum atomic E-state index is 13.3. The Bertz CT molecular complexity index is 1150. The number of aromatic hydroxyl groups is 1. The van der Waals surface area contributed by atoms with Gasteiger partial charge in [-0.15, -0.1) is 0 Å². The monoisotopic (exact) mass is 508 g/mol. The summed E-state index contributed by atoms with van der Waals surface area (Å²) in [5.41, 5.74) is 1.98. The lowest BCUT2D eigenvalue weighted by Gasteiger charge is -2.29. The van der Waals surface area contributed by atoms with E-state index >= 15 is 0 Å². The Kier molecular flexibility index (Phi) is 8.51. The Labute approximate surface area is 218 Å². The number of carbonyl (C=O) groups is 2. The molecule has 0 radical (unpaired) electrons. The van der Waals surface area contributed by atoms with Crippen LogP contribution in [0.25, 0.3) is 5.76 Å². The zero-order chi connectivity index (χ0) is 26.5. The van der Waals surface area contributed by atoms with Crippen LogP contribution in [0.2, 0.25) is 0 Å². The summed E-state index contributed by atoms with van der Waals surface area (Å²) in [5, 5.41) is 21.1. The van der Waals surface area contributed by atoms with Gasteiger partial charge < -0.3 is 24.6 Å². The van der Waals surface area contributed by atoms with Gasteiger partial charge in [0.2, 0.25) is 0 Å².